The summed E-state index contributed by atoms with van der Waals surface area (Å²) in [5.74, 6) is 3.85. The van der Waals surface area contributed by atoms with Crippen molar-refractivity contribution in [3.63, 3.8) is 0 Å². The third-order valence-electron chi connectivity index (χ3n) is 4.83. The normalized spacial score (nSPS) is 47.5. The van der Waals surface area contributed by atoms with Crippen molar-refractivity contribution in [2.24, 2.45) is 29.1 Å². The maximum atomic E-state index is 6.22. The van der Waals surface area contributed by atoms with Gasteiger partial charge < -0.3 is 0 Å². The first-order valence-corrected chi connectivity index (χ1v) is 5.70. The number of fused-ring (bicyclic) bond motifs is 2. The highest BCUT2D eigenvalue weighted by Gasteiger charge is 2.56. The molecule has 0 aromatic carbocycles. The van der Waals surface area contributed by atoms with Crippen molar-refractivity contribution in [1.29, 1.82) is 0 Å². The van der Waals surface area contributed by atoms with Gasteiger partial charge in [-0.05, 0) is 35.5 Å². The molecule has 13 heavy (non-hydrogen) atoms. The molecule has 0 aromatic heterocycles. The van der Waals surface area contributed by atoms with Crippen LogP contribution in [0.4, 0.5) is 0 Å². The van der Waals surface area contributed by atoms with Gasteiger partial charge in [-0.25, -0.2) is 0 Å². The largest absolute Gasteiger partial charge is 0.0738 e. The first kappa shape index (κ1) is 9.61. The standard InChI is InChI=1S/C12H21B/c1-7(2)11-9-5-8(6-10(11)13)12(9,3)4/h7-11H,5-6H2,1-4H3. The van der Waals surface area contributed by atoms with Crippen molar-refractivity contribution < 1.29 is 0 Å². The van der Waals surface area contributed by atoms with Gasteiger partial charge in [0.2, 0.25) is 0 Å². The van der Waals surface area contributed by atoms with E-state index in [4.69, 9.17) is 7.85 Å². The van der Waals surface area contributed by atoms with Crippen LogP contribution < -0.4 is 0 Å². The third-order valence-corrected chi connectivity index (χ3v) is 4.83. The van der Waals surface area contributed by atoms with Gasteiger partial charge in [0.15, 0.2) is 0 Å². The summed E-state index contributed by atoms with van der Waals surface area (Å²) in [5.41, 5.74) is 0.588. The molecule has 4 atom stereocenters. The zero-order valence-electron chi connectivity index (χ0n) is 9.38. The maximum absolute atomic E-state index is 6.22. The van der Waals surface area contributed by atoms with Crippen LogP contribution in [0.3, 0.4) is 0 Å². The first-order chi connectivity index (χ1) is 5.94. The minimum Gasteiger partial charge on any atom is -0.0738 e. The minimum atomic E-state index is 0.483. The quantitative estimate of drug-likeness (QED) is 0.538. The summed E-state index contributed by atoms with van der Waals surface area (Å²) in [5, 5.41) is 0. The molecule has 0 heterocycles. The fourth-order valence-electron chi connectivity index (χ4n) is 3.85. The second-order valence-electron chi connectivity index (χ2n) is 6.08. The molecular weight excluding hydrogens is 155 g/mol. The number of hydrogen-bond donors (Lipinski definition) is 0. The molecule has 2 radical (unpaired) electrons. The molecule has 2 bridgehead atoms. The molecule has 0 aromatic rings. The van der Waals surface area contributed by atoms with E-state index >= 15 is 0 Å². The Labute approximate surface area is 83.9 Å². The molecule has 3 saturated carbocycles. The molecule has 0 aliphatic heterocycles. The van der Waals surface area contributed by atoms with Crippen molar-refractivity contribution in [1.82, 2.24) is 0 Å². The van der Waals surface area contributed by atoms with Crippen LogP contribution in [-0.2, 0) is 0 Å². The Morgan fingerprint density at radius 3 is 2.23 bits per heavy atom. The highest BCUT2D eigenvalue weighted by molar-refractivity contribution is 6.12. The fourth-order valence-corrected chi connectivity index (χ4v) is 3.85. The maximum Gasteiger partial charge on any atom is 0.0703 e. The molecule has 3 aliphatic rings. The predicted molar refractivity (Wildman–Crippen MR) is 57.8 cm³/mol. The van der Waals surface area contributed by atoms with Gasteiger partial charge in [0, 0.05) is 0 Å². The molecular formula is C12H21B. The zero-order chi connectivity index (χ0) is 9.80. The summed E-state index contributed by atoms with van der Waals surface area (Å²) in [6.07, 6.45) is 2.72. The van der Waals surface area contributed by atoms with Crippen LogP contribution in [0.5, 0.6) is 0 Å². The Morgan fingerprint density at radius 2 is 1.85 bits per heavy atom. The summed E-state index contributed by atoms with van der Waals surface area (Å²) in [6.45, 7) is 9.54. The van der Waals surface area contributed by atoms with Gasteiger partial charge in [-0.1, -0.05) is 39.9 Å². The van der Waals surface area contributed by atoms with Crippen molar-refractivity contribution in [3.05, 3.63) is 0 Å². The lowest BCUT2D eigenvalue weighted by molar-refractivity contribution is -0.116. The Hall–Kier alpha value is 0.0649. The highest BCUT2D eigenvalue weighted by Crippen LogP contribution is 2.65. The lowest BCUT2D eigenvalue weighted by atomic mass is 9.39. The Kier molecular flexibility index (Phi) is 2.05. The van der Waals surface area contributed by atoms with Crippen LogP contribution in [0.2, 0.25) is 5.82 Å². The van der Waals surface area contributed by atoms with Gasteiger partial charge in [0.25, 0.3) is 0 Å². The van der Waals surface area contributed by atoms with Crippen molar-refractivity contribution >= 4 is 7.85 Å². The second-order valence-corrected chi connectivity index (χ2v) is 6.08. The monoisotopic (exact) mass is 176 g/mol. The van der Waals surface area contributed by atoms with Crippen LogP contribution in [0.15, 0.2) is 0 Å². The van der Waals surface area contributed by atoms with E-state index in [2.05, 4.69) is 27.7 Å². The predicted octanol–water partition coefficient (Wildman–Crippen LogP) is 3.28. The van der Waals surface area contributed by atoms with E-state index in [1.807, 2.05) is 0 Å². The van der Waals surface area contributed by atoms with E-state index in [0.717, 1.165) is 23.7 Å². The molecule has 0 N–H and O–H groups in total. The van der Waals surface area contributed by atoms with Gasteiger partial charge in [0.1, 0.15) is 0 Å². The fraction of sp³-hybridized carbons (Fsp3) is 1.00. The summed E-state index contributed by atoms with van der Waals surface area (Å²) < 4.78 is 0. The molecule has 3 aliphatic carbocycles. The molecule has 3 rings (SSSR count). The van der Waals surface area contributed by atoms with Crippen LogP contribution in [0, 0.1) is 29.1 Å². The van der Waals surface area contributed by atoms with Crippen molar-refractivity contribution in [3.8, 4) is 0 Å². The average molecular weight is 176 g/mol. The van der Waals surface area contributed by atoms with Gasteiger partial charge in [0.05, 0.1) is 7.85 Å². The van der Waals surface area contributed by atoms with Gasteiger partial charge in [-0.3, -0.25) is 0 Å². The van der Waals surface area contributed by atoms with E-state index in [-0.39, 0.29) is 0 Å². The summed E-state index contributed by atoms with van der Waals surface area (Å²) in [4.78, 5) is 0. The minimum absolute atomic E-state index is 0.483. The van der Waals surface area contributed by atoms with E-state index in [0.29, 0.717) is 11.2 Å². The van der Waals surface area contributed by atoms with Gasteiger partial charge >= 0.3 is 0 Å². The van der Waals surface area contributed by atoms with Crippen molar-refractivity contribution in [2.75, 3.05) is 0 Å². The van der Waals surface area contributed by atoms with E-state index in [1.165, 1.54) is 12.8 Å². The summed E-state index contributed by atoms with van der Waals surface area (Å²) in [6, 6.07) is 0. The smallest absolute Gasteiger partial charge is 0.0703 e. The topological polar surface area (TPSA) is 0 Å². The second kappa shape index (κ2) is 2.78. The summed E-state index contributed by atoms with van der Waals surface area (Å²) in [7, 11) is 6.22. The average Bonchev–Trinajstić information content (AvgIpc) is 2.03. The Morgan fingerprint density at radius 1 is 1.23 bits per heavy atom. The first-order valence-electron chi connectivity index (χ1n) is 5.70. The van der Waals surface area contributed by atoms with Crippen LogP contribution in [0.25, 0.3) is 0 Å². The van der Waals surface area contributed by atoms with Gasteiger partial charge in [-0.15, -0.1) is 0 Å². The SMILES string of the molecule is [B]C1CC2CC(C1C(C)C)C2(C)C. The third kappa shape index (κ3) is 1.19. The molecule has 3 fully saturated rings. The van der Waals surface area contributed by atoms with Gasteiger partial charge in [-0.2, -0.15) is 0 Å². The van der Waals surface area contributed by atoms with Crippen LogP contribution >= 0.6 is 0 Å². The summed E-state index contributed by atoms with van der Waals surface area (Å²) >= 11 is 0. The lowest BCUT2D eigenvalue weighted by Gasteiger charge is -2.63. The molecule has 1 heteroatoms. The Bertz CT molecular complexity index is 207. The molecule has 0 spiro atoms. The molecule has 0 nitrogen and oxygen atoms in total. The van der Waals surface area contributed by atoms with Crippen LogP contribution in [0.1, 0.15) is 40.5 Å². The molecule has 72 valence electrons. The molecule has 4 unspecified atom stereocenters. The van der Waals surface area contributed by atoms with E-state index in [1.54, 1.807) is 0 Å². The number of hydrogen-bond acceptors (Lipinski definition) is 0. The van der Waals surface area contributed by atoms with Crippen LogP contribution in [-0.4, -0.2) is 7.85 Å². The zero-order valence-corrected chi connectivity index (χ0v) is 9.38. The van der Waals surface area contributed by atoms with Crippen molar-refractivity contribution in [2.45, 2.75) is 46.4 Å². The highest BCUT2D eigenvalue weighted by atomic mass is 14.6. The van der Waals surface area contributed by atoms with E-state index in [9.17, 15) is 0 Å². The Balaban J connectivity index is 2.18. The van der Waals surface area contributed by atoms with E-state index < -0.39 is 0 Å². The lowest BCUT2D eigenvalue weighted by Crippen LogP contribution is -2.55. The molecule has 0 saturated heterocycles. The number of rotatable bonds is 1. The molecule has 0 amide bonds.